The Morgan fingerprint density at radius 1 is 0.765 bits per heavy atom. The first-order chi connectivity index (χ1) is 16.3. The molecule has 5 rings (SSSR count). The first-order valence-electron chi connectivity index (χ1n) is 11.0. The van der Waals surface area contributed by atoms with Crippen molar-refractivity contribution in [3.8, 4) is 0 Å². The molecule has 0 fully saturated rings. The van der Waals surface area contributed by atoms with Gasteiger partial charge in [0.25, 0.3) is 0 Å². The molecule has 176 valence electrons. The molecule has 0 aliphatic heterocycles. The van der Waals surface area contributed by atoms with E-state index in [1.54, 1.807) is 13.1 Å². The van der Waals surface area contributed by atoms with Crippen LogP contribution in [-0.2, 0) is 4.79 Å². The lowest BCUT2D eigenvalue weighted by atomic mass is 10.3. The fraction of sp³-hybridized carbons (Fsp3) is 0.280. The molecule has 5 aromatic rings. The molecule has 0 bridgehead atoms. The highest BCUT2D eigenvalue weighted by molar-refractivity contribution is 5.80. The summed E-state index contributed by atoms with van der Waals surface area (Å²) < 4.78 is 3.96. The number of nitrogens with one attached hydrogen (secondary N) is 1. The molecule has 9 heteroatoms. The molecule has 5 heterocycles. The molecule has 0 amide bonds. The lowest BCUT2D eigenvalue weighted by Crippen LogP contribution is -2.11. The Bertz CT molecular complexity index is 1320. The number of pyridine rings is 3. The fourth-order valence-corrected chi connectivity index (χ4v) is 3.21. The Hall–Kier alpha value is -4.14. The zero-order valence-corrected chi connectivity index (χ0v) is 20.4. The van der Waals surface area contributed by atoms with E-state index < -0.39 is 0 Å². The maximum Gasteiger partial charge on any atom is 0.163 e. The van der Waals surface area contributed by atoms with Crippen LogP contribution in [0.5, 0.6) is 0 Å². The molecule has 9 nitrogen and oxygen atoms in total. The Kier molecular flexibility index (Phi) is 8.02. The molecule has 5 aromatic heterocycles. The predicted octanol–water partition coefficient (Wildman–Crippen LogP) is 4.08. The standard InChI is InChI=1S/C9H12N2O.2C8H9N3/c1-7-4-3-5-10-9(7)11-6-8(2)12;2*1-6-4-3-5-11-7(2)9-10-8(6)11/h3-5H,6H2,1-2H3,(H,10,11);2*3-5H,1-2H3. The van der Waals surface area contributed by atoms with Gasteiger partial charge >= 0.3 is 0 Å². The molecule has 0 saturated heterocycles. The van der Waals surface area contributed by atoms with E-state index in [4.69, 9.17) is 0 Å². The molecule has 0 spiro atoms. The normalized spacial score (nSPS) is 10.3. The SMILES string of the molecule is CC(=O)CNc1ncccc1C.Cc1cccn2c(C)nnc12.Cc1cccn2c(C)nnc12. The van der Waals surface area contributed by atoms with Gasteiger partial charge in [-0.15, -0.1) is 20.4 Å². The van der Waals surface area contributed by atoms with E-state index in [2.05, 4.69) is 30.7 Å². The highest BCUT2D eigenvalue weighted by Gasteiger charge is 2.01. The third-order valence-electron chi connectivity index (χ3n) is 5.11. The number of aryl methyl sites for hydroxylation is 5. The number of aromatic nitrogens is 7. The van der Waals surface area contributed by atoms with Crippen LogP contribution in [0.15, 0.2) is 55.0 Å². The molecule has 0 saturated carbocycles. The first-order valence-corrected chi connectivity index (χ1v) is 11.0. The Balaban J connectivity index is 0.000000143. The second kappa shape index (κ2) is 11.1. The van der Waals surface area contributed by atoms with Crippen molar-refractivity contribution in [2.75, 3.05) is 11.9 Å². The van der Waals surface area contributed by atoms with Crippen LogP contribution in [0.2, 0.25) is 0 Å². The van der Waals surface area contributed by atoms with Gasteiger partial charge in [-0.1, -0.05) is 18.2 Å². The minimum atomic E-state index is 0.111. The van der Waals surface area contributed by atoms with E-state index in [0.29, 0.717) is 6.54 Å². The van der Waals surface area contributed by atoms with Gasteiger partial charge in [0.2, 0.25) is 0 Å². The average molecular weight is 459 g/mol. The predicted molar refractivity (Wildman–Crippen MR) is 133 cm³/mol. The minimum Gasteiger partial charge on any atom is -0.363 e. The molecule has 0 atom stereocenters. The van der Waals surface area contributed by atoms with Crippen molar-refractivity contribution in [1.29, 1.82) is 0 Å². The van der Waals surface area contributed by atoms with Crippen LogP contribution in [-0.4, -0.2) is 46.5 Å². The van der Waals surface area contributed by atoms with Crippen LogP contribution in [0, 0.1) is 34.6 Å². The van der Waals surface area contributed by atoms with Crippen LogP contribution in [0.3, 0.4) is 0 Å². The largest absolute Gasteiger partial charge is 0.363 e. The summed E-state index contributed by atoms with van der Waals surface area (Å²) in [6.07, 6.45) is 5.64. The highest BCUT2D eigenvalue weighted by atomic mass is 16.1. The number of ketones is 1. The van der Waals surface area contributed by atoms with Crippen LogP contribution in [0.1, 0.15) is 35.3 Å². The number of carbonyl (C=O) groups excluding carboxylic acids is 1. The number of carbonyl (C=O) groups is 1. The monoisotopic (exact) mass is 458 g/mol. The maximum atomic E-state index is 10.6. The van der Waals surface area contributed by atoms with Crippen molar-refractivity contribution < 1.29 is 4.79 Å². The van der Waals surface area contributed by atoms with Crippen LogP contribution in [0.25, 0.3) is 11.3 Å². The first kappa shape index (κ1) is 24.5. The smallest absolute Gasteiger partial charge is 0.163 e. The van der Waals surface area contributed by atoms with Gasteiger partial charge in [0.15, 0.2) is 11.3 Å². The third-order valence-corrected chi connectivity index (χ3v) is 5.11. The Morgan fingerprint density at radius 3 is 1.71 bits per heavy atom. The Morgan fingerprint density at radius 2 is 1.26 bits per heavy atom. The van der Waals surface area contributed by atoms with Crippen LogP contribution in [0.4, 0.5) is 5.82 Å². The summed E-state index contributed by atoms with van der Waals surface area (Å²) in [5.41, 5.74) is 5.27. The number of Topliss-reactive ketones (excluding diaryl/α,β-unsaturated/α-hetero) is 1. The average Bonchev–Trinajstić information content (AvgIpc) is 3.39. The summed E-state index contributed by atoms with van der Waals surface area (Å²) in [4.78, 5) is 14.7. The van der Waals surface area contributed by atoms with Crippen molar-refractivity contribution in [2.45, 2.75) is 41.5 Å². The van der Waals surface area contributed by atoms with Gasteiger partial charge in [-0.25, -0.2) is 4.98 Å². The van der Waals surface area contributed by atoms with E-state index in [1.807, 2.05) is 92.2 Å². The zero-order valence-electron chi connectivity index (χ0n) is 20.4. The van der Waals surface area contributed by atoms with E-state index in [-0.39, 0.29) is 5.78 Å². The number of hydrogen-bond donors (Lipinski definition) is 1. The van der Waals surface area contributed by atoms with Crippen molar-refractivity contribution in [2.24, 2.45) is 0 Å². The molecule has 0 aromatic carbocycles. The van der Waals surface area contributed by atoms with E-state index in [0.717, 1.165) is 45.5 Å². The molecule has 0 aliphatic rings. The van der Waals surface area contributed by atoms with Crippen molar-refractivity contribution in [3.63, 3.8) is 0 Å². The molecule has 0 aliphatic carbocycles. The molecule has 0 unspecified atom stereocenters. The maximum absolute atomic E-state index is 10.6. The van der Waals surface area contributed by atoms with Crippen molar-refractivity contribution >= 4 is 22.9 Å². The van der Waals surface area contributed by atoms with Gasteiger partial charge in [0.1, 0.15) is 23.2 Å². The van der Waals surface area contributed by atoms with Crippen LogP contribution < -0.4 is 5.32 Å². The molecular weight excluding hydrogens is 428 g/mol. The van der Waals surface area contributed by atoms with E-state index in [1.165, 1.54) is 0 Å². The fourth-order valence-electron chi connectivity index (χ4n) is 3.21. The lowest BCUT2D eigenvalue weighted by Gasteiger charge is -2.04. The summed E-state index contributed by atoms with van der Waals surface area (Å²) in [5.74, 6) is 2.76. The number of hydrogen-bond acceptors (Lipinski definition) is 7. The number of rotatable bonds is 3. The zero-order chi connectivity index (χ0) is 24.7. The molecule has 0 radical (unpaired) electrons. The number of nitrogens with zero attached hydrogens (tertiary/aromatic N) is 7. The number of anilines is 1. The van der Waals surface area contributed by atoms with Gasteiger partial charge in [-0.05, 0) is 76.4 Å². The molecule has 1 N–H and O–H groups in total. The highest BCUT2D eigenvalue weighted by Crippen LogP contribution is 2.09. The van der Waals surface area contributed by atoms with Crippen LogP contribution >= 0.6 is 0 Å². The van der Waals surface area contributed by atoms with Gasteiger partial charge < -0.3 is 5.32 Å². The van der Waals surface area contributed by atoms with Crippen molar-refractivity contribution in [1.82, 2.24) is 34.2 Å². The lowest BCUT2D eigenvalue weighted by molar-refractivity contribution is -0.115. The topological polar surface area (TPSA) is 102 Å². The Labute approximate surface area is 198 Å². The van der Waals surface area contributed by atoms with E-state index >= 15 is 0 Å². The van der Waals surface area contributed by atoms with Gasteiger partial charge in [-0.2, -0.15) is 0 Å². The summed E-state index contributed by atoms with van der Waals surface area (Å²) in [7, 11) is 0. The quantitative estimate of drug-likeness (QED) is 0.434. The van der Waals surface area contributed by atoms with Gasteiger partial charge in [0, 0.05) is 18.6 Å². The molecular formula is C25H30N8O. The third kappa shape index (κ3) is 6.00. The summed E-state index contributed by atoms with van der Waals surface area (Å²) >= 11 is 0. The van der Waals surface area contributed by atoms with E-state index in [9.17, 15) is 4.79 Å². The summed E-state index contributed by atoms with van der Waals surface area (Å²) in [6.45, 7) is 11.8. The number of fused-ring (bicyclic) bond motifs is 2. The summed E-state index contributed by atoms with van der Waals surface area (Å²) in [5, 5.41) is 19.0. The van der Waals surface area contributed by atoms with Crippen molar-refractivity contribution in [3.05, 3.63) is 83.3 Å². The second-order valence-corrected chi connectivity index (χ2v) is 7.99. The van der Waals surface area contributed by atoms with Gasteiger partial charge in [-0.3, -0.25) is 13.6 Å². The summed E-state index contributed by atoms with van der Waals surface area (Å²) in [6, 6.07) is 11.9. The second-order valence-electron chi connectivity index (χ2n) is 7.99. The molecule has 34 heavy (non-hydrogen) atoms. The minimum absolute atomic E-state index is 0.111. The van der Waals surface area contributed by atoms with Gasteiger partial charge in [0.05, 0.1) is 6.54 Å².